The molecule has 3 rings (SSSR count). The van der Waals surface area contributed by atoms with E-state index in [0.717, 1.165) is 26.9 Å². The molecule has 1 aliphatic heterocycles. The van der Waals surface area contributed by atoms with E-state index in [9.17, 15) is 14.4 Å². The zero-order chi connectivity index (χ0) is 21.1. The Hall–Kier alpha value is -2.67. The lowest BCUT2D eigenvalue weighted by Gasteiger charge is -2.20. The van der Waals surface area contributed by atoms with Gasteiger partial charge in [0.15, 0.2) is 6.61 Å². The number of nitrogens with one attached hydrogen (secondary N) is 1. The average Bonchev–Trinajstić information content (AvgIpc) is 3.06. The summed E-state index contributed by atoms with van der Waals surface area (Å²) in [4.78, 5) is 38.6. The highest BCUT2D eigenvalue weighted by atomic mass is 79.9. The van der Waals surface area contributed by atoms with Crippen LogP contribution in [-0.4, -0.2) is 30.9 Å². The van der Waals surface area contributed by atoms with Gasteiger partial charge in [0.05, 0.1) is 5.92 Å². The normalized spacial score (nSPS) is 16.1. The van der Waals surface area contributed by atoms with Gasteiger partial charge in [-0.05, 0) is 61.7 Å². The second kappa shape index (κ2) is 8.78. The van der Waals surface area contributed by atoms with E-state index in [0.29, 0.717) is 5.69 Å². The lowest BCUT2D eigenvalue weighted by Crippen LogP contribution is -2.28. The molecule has 0 spiro atoms. The molecule has 6 nitrogen and oxygen atoms in total. The second-order valence-corrected chi connectivity index (χ2v) is 8.16. The molecule has 0 radical (unpaired) electrons. The topological polar surface area (TPSA) is 75.7 Å². The van der Waals surface area contributed by atoms with Crippen LogP contribution in [0.5, 0.6) is 0 Å². The Labute approximate surface area is 178 Å². The molecule has 2 aromatic rings. The number of carbonyl (C=O) groups excluding carboxylic acids is 3. The summed E-state index contributed by atoms with van der Waals surface area (Å²) < 4.78 is 6.09. The summed E-state index contributed by atoms with van der Waals surface area (Å²) >= 11 is 3.37. The van der Waals surface area contributed by atoms with E-state index in [1.165, 1.54) is 0 Å². The van der Waals surface area contributed by atoms with E-state index < -0.39 is 17.8 Å². The van der Waals surface area contributed by atoms with Crippen LogP contribution in [0.3, 0.4) is 0 Å². The molecular weight excluding hydrogens is 436 g/mol. The molecule has 1 heterocycles. The van der Waals surface area contributed by atoms with Crippen LogP contribution in [0.4, 0.5) is 11.4 Å². The number of nitrogens with zero attached hydrogens (tertiary/aromatic N) is 1. The third-order valence-electron chi connectivity index (χ3n) is 5.13. The van der Waals surface area contributed by atoms with Crippen molar-refractivity contribution in [2.45, 2.75) is 27.2 Å². The maximum Gasteiger partial charge on any atom is 0.311 e. The van der Waals surface area contributed by atoms with Gasteiger partial charge in [-0.15, -0.1) is 0 Å². The highest BCUT2D eigenvalue weighted by molar-refractivity contribution is 9.10. The predicted octanol–water partition coefficient (Wildman–Crippen LogP) is 3.91. The van der Waals surface area contributed by atoms with Gasteiger partial charge in [-0.3, -0.25) is 14.4 Å². The molecule has 152 valence electrons. The predicted molar refractivity (Wildman–Crippen MR) is 115 cm³/mol. The fourth-order valence-electron chi connectivity index (χ4n) is 3.33. The molecule has 0 aliphatic carbocycles. The van der Waals surface area contributed by atoms with Crippen molar-refractivity contribution in [3.05, 3.63) is 57.6 Å². The third kappa shape index (κ3) is 4.85. The number of ether oxygens (including phenoxy) is 1. The first kappa shape index (κ1) is 21.0. The van der Waals surface area contributed by atoms with Gasteiger partial charge in [0.1, 0.15) is 0 Å². The van der Waals surface area contributed by atoms with E-state index in [1.807, 2.05) is 51.1 Å². The molecule has 0 aromatic heterocycles. The van der Waals surface area contributed by atoms with Crippen LogP contribution in [0, 0.1) is 26.7 Å². The van der Waals surface area contributed by atoms with E-state index in [2.05, 4.69) is 21.2 Å². The van der Waals surface area contributed by atoms with Gasteiger partial charge in [0, 0.05) is 28.8 Å². The van der Waals surface area contributed by atoms with Crippen LogP contribution in [0.2, 0.25) is 0 Å². The van der Waals surface area contributed by atoms with Gasteiger partial charge in [0.2, 0.25) is 5.91 Å². The summed E-state index contributed by atoms with van der Waals surface area (Å²) in [6.45, 7) is 5.69. The van der Waals surface area contributed by atoms with Crippen molar-refractivity contribution < 1.29 is 19.1 Å². The van der Waals surface area contributed by atoms with E-state index in [-0.39, 0.29) is 25.5 Å². The van der Waals surface area contributed by atoms with Crippen molar-refractivity contribution >= 4 is 45.1 Å². The molecule has 29 heavy (non-hydrogen) atoms. The minimum Gasteiger partial charge on any atom is -0.455 e. The van der Waals surface area contributed by atoms with Crippen LogP contribution >= 0.6 is 15.9 Å². The summed E-state index contributed by atoms with van der Waals surface area (Å²) in [7, 11) is 0. The maximum absolute atomic E-state index is 12.4. The number of rotatable bonds is 5. The quantitative estimate of drug-likeness (QED) is 0.689. The number of amides is 2. The average molecular weight is 459 g/mol. The minimum absolute atomic E-state index is 0.0830. The number of anilines is 2. The molecule has 2 aromatic carbocycles. The molecule has 0 bridgehead atoms. The number of carbonyl (C=O) groups is 3. The summed E-state index contributed by atoms with van der Waals surface area (Å²) in [5, 5.41) is 2.73. The van der Waals surface area contributed by atoms with Crippen molar-refractivity contribution in [1.29, 1.82) is 0 Å². The second-order valence-electron chi connectivity index (χ2n) is 7.24. The third-order valence-corrected chi connectivity index (χ3v) is 5.63. The smallest absolute Gasteiger partial charge is 0.311 e. The van der Waals surface area contributed by atoms with Gasteiger partial charge < -0.3 is 15.0 Å². The van der Waals surface area contributed by atoms with Gasteiger partial charge in [-0.25, -0.2) is 0 Å². The Kier molecular flexibility index (Phi) is 6.37. The molecule has 1 N–H and O–H groups in total. The molecule has 1 atom stereocenters. The summed E-state index contributed by atoms with van der Waals surface area (Å²) in [5.41, 5.74) is 4.46. The molecule has 1 saturated heterocycles. The first-order valence-electron chi connectivity index (χ1n) is 9.35. The number of benzene rings is 2. The standard InChI is InChI=1S/C22H23BrN2O4/c1-13-5-4-6-19(15(13)3)25-11-16(10-21(25)27)22(28)29-12-20(26)24-18-8-7-17(23)9-14(18)2/h4-9,16H,10-12H2,1-3H3,(H,24,26)/t16-/m1/s1. The number of hydrogen-bond acceptors (Lipinski definition) is 4. The maximum atomic E-state index is 12.4. The SMILES string of the molecule is Cc1cc(Br)ccc1NC(=O)COC(=O)[C@@H]1CC(=O)N(c2cccc(C)c2C)C1. The Morgan fingerprint density at radius 2 is 1.93 bits per heavy atom. The van der Waals surface area contributed by atoms with E-state index >= 15 is 0 Å². The molecule has 1 fully saturated rings. The molecule has 0 unspecified atom stereocenters. The van der Waals surface area contributed by atoms with Gasteiger partial charge >= 0.3 is 5.97 Å². The van der Waals surface area contributed by atoms with Crippen LogP contribution in [0.1, 0.15) is 23.1 Å². The van der Waals surface area contributed by atoms with Crippen molar-refractivity contribution in [1.82, 2.24) is 0 Å². The molecule has 7 heteroatoms. The van der Waals surface area contributed by atoms with E-state index in [4.69, 9.17) is 4.74 Å². The zero-order valence-electron chi connectivity index (χ0n) is 16.6. The van der Waals surface area contributed by atoms with Crippen LogP contribution in [-0.2, 0) is 19.1 Å². The van der Waals surface area contributed by atoms with Gasteiger partial charge in [-0.2, -0.15) is 0 Å². The van der Waals surface area contributed by atoms with Crippen molar-refractivity contribution in [2.24, 2.45) is 5.92 Å². The van der Waals surface area contributed by atoms with Crippen molar-refractivity contribution in [2.75, 3.05) is 23.4 Å². The Morgan fingerprint density at radius 3 is 2.66 bits per heavy atom. The Morgan fingerprint density at radius 1 is 1.17 bits per heavy atom. The monoisotopic (exact) mass is 458 g/mol. The molecular formula is C22H23BrN2O4. The summed E-state index contributed by atoms with van der Waals surface area (Å²) in [6.07, 6.45) is 0.0830. The zero-order valence-corrected chi connectivity index (χ0v) is 18.2. The molecule has 0 saturated carbocycles. The summed E-state index contributed by atoms with van der Waals surface area (Å²) in [6, 6.07) is 11.2. The van der Waals surface area contributed by atoms with Gasteiger partial charge in [-0.1, -0.05) is 28.1 Å². The van der Waals surface area contributed by atoms with E-state index in [1.54, 1.807) is 11.0 Å². The molecule has 1 aliphatic rings. The van der Waals surface area contributed by atoms with Crippen molar-refractivity contribution in [3.8, 4) is 0 Å². The first-order valence-corrected chi connectivity index (χ1v) is 10.1. The van der Waals surface area contributed by atoms with Crippen molar-refractivity contribution in [3.63, 3.8) is 0 Å². The Bertz CT molecular complexity index is 973. The highest BCUT2D eigenvalue weighted by Gasteiger charge is 2.37. The number of hydrogen-bond donors (Lipinski definition) is 1. The fourth-order valence-corrected chi connectivity index (χ4v) is 3.81. The highest BCUT2D eigenvalue weighted by Crippen LogP contribution is 2.30. The van der Waals surface area contributed by atoms with Crippen LogP contribution in [0.15, 0.2) is 40.9 Å². The first-order chi connectivity index (χ1) is 13.8. The number of aryl methyl sites for hydroxylation is 2. The Balaban J connectivity index is 1.56. The lowest BCUT2D eigenvalue weighted by molar-refractivity contribution is -0.151. The minimum atomic E-state index is -0.579. The number of halogens is 1. The molecule has 2 amide bonds. The van der Waals surface area contributed by atoms with Gasteiger partial charge in [0.25, 0.3) is 5.91 Å². The summed E-state index contributed by atoms with van der Waals surface area (Å²) in [5.74, 6) is -1.64. The van der Waals surface area contributed by atoms with Crippen LogP contribution < -0.4 is 10.2 Å². The van der Waals surface area contributed by atoms with Crippen LogP contribution in [0.25, 0.3) is 0 Å². The lowest BCUT2D eigenvalue weighted by atomic mass is 10.1. The number of esters is 1. The largest absolute Gasteiger partial charge is 0.455 e. The fraction of sp³-hybridized carbons (Fsp3) is 0.318.